The van der Waals surface area contributed by atoms with Crippen LogP contribution < -0.4 is 10.1 Å². The molecule has 1 saturated heterocycles. The molecule has 2 bridgehead atoms. The summed E-state index contributed by atoms with van der Waals surface area (Å²) in [6.45, 7) is 2.40. The van der Waals surface area contributed by atoms with E-state index in [9.17, 15) is 4.79 Å². The molecule has 2 atom stereocenters. The largest absolute Gasteiger partial charge is 0.468 e. The van der Waals surface area contributed by atoms with Crippen molar-refractivity contribution in [2.24, 2.45) is 0 Å². The molecule has 0 aliphatic carbocycles. The van der Waals surface area contributed by atoms with Crippen LogP contribution in [-0.2, 0) is 6.54 Å². The van der Waals surface area contributed by atoms with Crippen LogP contribution in [0.15, 0.2) is 42.7 Å². The Balaban J connectivity index is 1.69. The minimum absolute atomic E-state index is 0.0832. The van der Waals surface area contributed by atoms with Crippen LogP contribution in [0.4, 0.5) is 4.79 Å². The van der Waals surface area contributed by atoms with Gasteiger partial charge in [0.15, 0.2) is 5.72 Å². The molecule has 1 aromatic carbocycles. The van der Waals surface area contributed by atoms with Crippen molar-refractivity contribution in [2.75, 3.05) is 0 Å². The SMILES string of the molecule is CC12CC(NC(=O)N1Cc1cccnc1)c1cc(Cl)ccc1O2. The van der Waals surface area contributed by atoms with Gasteiger partial charge >= 0.3 is 6.03 Å². The standard InChI is InChI=1S/C17H16ClN3O2/c1-17-8-14(13-7-12(18)4-5-15(13)23-17)20-16(22)21(17)10-11-3-2-6-19-9-11/h2-7,9,14H,8,10H2,1H3,(H,20,22). The first-order valence-electron chi connectivity index (χ1n) is 7.51. The van der Waals surface area contributed by atoms with Crippen LogP contribution in [0.1, 0.15) is 30.5 Å². The maximum atomic E-state index is 12.6. The molecular weight excluding hydrogens is 314 g/mol. The van der Waals surface area contributed by atoms with E-state index in [0.29, 0.717) is 18.0 Å². The number of fused-ring (bicyclic) bond motifs is 4. The first-order valence-corrected chi connectivity index (χ1v) is 7.88. The number of carbonyl (C=O) groups excluding carboxylic acids is 1. The van der Waals surface area contributed by atoms with Gasteiger partial charge in [0.25, 0.3) is 0 Å². The summed E-state index contributed by atoms with van der Waals surface area (Å²) < 4.78 is 6.19. The minimum atomic E-state index is -0.691. The normalized spacial score (nSPS) is 25.4. The second-order valence-electron chi connectivity index (χ2n) is 6.11. The number of hydrogen-bond donors (Lipinski definition) is 1. The lowest BCUT2D eigenvalue weighted by Gasteiger charge is -2.50. The van der Waals surface area contributed by atoms with Crippen molar-refractivity contribution in [3.63, 3.8) is 0 Å². The molecular formula is C17H16ClN3O2. The predicted octanol–water partition coefficient (Wildman–Crippen LogP) is 3.50. The predicted molar refractivity (Wildman–Crippen MR) is 86.2 cm³/mol. The number of nitrogens with zero attached hydrogens (tertiary/aromatic N) is 2. The van der Waals surface area contributed by atoms with E-state index in [-0.39, 0.29) is 12.1 Å². The lowest BCUT2D eigenvalue weighted by molar-refractivity contribution is -0.0879. The van der Waals surface area contributed by atoms with Crippen LogP contribution in [0, 0.1) is 0 Å². The summed E-state index contributed by atoms with van der Waals surface area (Å²) in [5, 5.41) is 3.70. The quantitative estimate of drug-likeness (QED) is 0.917. The highest BCUT2D eigenvalue weighted by Crippen LogP contribution is 2.45. The third-order valence-corrected chi connectivity index (χ3v) is 4.67. The Labute approximate surface area is 139 Å². The fourth-order valence-corrected chi connectivity index (χ4v) is 3.48. The number of benzene rings is 1. The van der Waals surface area contributed by atoms with Crippen molar-refractivity contribution in [2.45, 2.75) is 31.7 Å². The molecule has 1 aromatic heterocycles. The molecule has 23 heavy (non-hydrogen) atoms. The number of hydrogen-bond acceptors (Lipinski definition) is 3. The first kappa shape index (κ1) is 14.3. The van der Waals surface area contributed by atoms with E-state index >= 15 is 0 Å². The van der Waals surface area contributed by atoms with Crippen LogP contribution in [0.3, 0.4) is 0 Å². The van der Waals surface area contributed by atoms with Crippen molar-refractivity contribution in [3.05, 3.63) is 58.9 Å². The lowest BCUT2D eigenvalue weighted by Crippen LogP contribution is -2.64. The molecule has 3 heterocycles. The molecule has 0 spiro atoms. The van der Waals surface area contributed by atoms with E-state index in [2.05, 4.69) is 10.3 Å². The Morgan fingerprint density at radius 1 is 1.48 bits per heavy atom. The number of ether oxygens (including phenoxy) is 1. The maximum Gasteiger partial charge on any atom is 0.321 e. The topological polar surface area (TPSA) is 54.5 Å². The van der Waals surface area contributed by atoms with Crippen LogP contribution >= 0.6 is 11.6 Å². The Kier molecular flexibility index (Phi) is 3.20. The number of halogens is 1. The number of carbonyl (C=O) groups is 1. The summed E-state index contributed by atoms with van der Waals surface area (Å²) in [4.78, 5) is 18.4. The van der Waals surface area contributed by atoms with Crippen molar-refractivity contribution >= 4 is 17.6 Å². The van der Waals surface area contributed by atoms with Crippen molar-refractivity contribution in [1.82, 2.24) is 15.2 Å². The molecule has 2 aliphatic rings. The fourth-order valence-electron chi connectivity index (χ4n) is 3.30. The highest BCUT2D eigenvalue weighted by molar-refractivity contribution is 6.30. The van der Waals surface area contributed by atoms with Gasteiger partial charge in [0.05, 0.1) is 12.6 Å². The maximum absolute atomic E-state index is 12.6. The molecule has 1 fully saturated rings. The molecule has 2 amide bonds. The summed E-state index contributed by atoms with van der Waals surface area (Å²) in [5.74, 6) is 0.768. The summed E-state index contributed by atoms with van der Waals surface area (Å²) in [6.07, 6.45) is 4.15. The number of aromatic nitrogens is 1. The van der Waals surface area contributed by atoms with Gasteiger partial charge in [-0.1, -0.05) is 17.7 Å². The second-order valence-corrected chi connectivity index (χ2v) is 6.55. The Hall–Kier alpha value is -2.27. The van der Waals surface area contributed by atoms with Gasteiger partial charge in [-0.15, -0.1) is 0 Å². The highest BCUT2D eigenvalue weighted by atomic mass is 35.5. The number of amides is 2. The summed E-state index contributed by atoms with van der Waals surface area (Å²) in [7, 11) is 0. The molecule has 2 unspecified atom stereocenters. The lowest BCUT2D eigenvalue weighted by atomic mass is 9.90. The molecule has 4 rings (SSSR count). The van der Waals surface area contributed by atoms with Gasteiger partial charge < -0.3 is 10.1 Å². The molecule has 0 radical (unpaired) electrons. The van der Waals surface area contributed by atoms with Gasteiger partial charge in [-0.05, 0) is 36.8 Å². The van der Waals surface area contributed by atoms with Crippen molar-refractivity contribution in [3.8, 4) is 5.75 Å². The van der Waals surface area contributed by atoms with E-state index in [1.54, 1.807) is 23.4 Å². The molecule has 0 saturated carbocycles. The van der Waals surface area contributed by atoms with Gasteiger partial charge in [0.1, 0.15) is 5.75 Å². The zero-order valence-electron chi connectivity index (χ0n) is 12.6. The Morgan fingerprint density at radius 2 is 2.35 bits per heavy atom. The number of urea groups is 1. The van der Waals surface area contributed by atoms with Gasteiger partial charge in [0.2, 0.25) is 0 Å². The number of nitrogens with one attached hydrogen (secondary N) is 1. The minimum Gasteiger partial charge on any atom is -0.468 e. The van der Waals surface area contributed by atoms with E-state index in [0.717, 1.165) is 16.9 Å². The Bertz CT molecular complexity index is 768. The summed E-state index contributed by atoms with van der Waals surface area (Å²) in [5.41, 5.74) is 1.21. The molecule has 2 aliphatic heterocycles. The first-order chi connectivity index (χ1) is 11.0. The zero-order valence-corrected chi connectivity index (χ0v) is 13.4. The summed E-state index contributed by atoms with van der Waals surface area (Å²) in [6, 6.07) is 9.12. The van der Waals surface area contributed by atoms with Crippen LogP contribution in [0.25, 0.3) is 0 Å². The average molecular weight is 330 g/mol. The van der Waals surface area contributed by atoms with Gasteiger partial charge in [-0.2, -0.15) is 0 Å². The van der Waals surface area contributed by atoms with E-state index in [1.165, 1.54) is 0 Å². The smallest absolute Gasteiger partial charge is 0.321 e. The molecule has 5 nitrogen and oxygen atoms in total. The third kappa shape index (κ3) is 2.41. The van der Waals surface area contributed by atoms with Crippen LogP contribution in [-0.4, -0.2) is 21.6 Å². The highest BCUT2D eigenvalue weighted by Gasteiger charge is 2.49. The van der Waals surface area contributed by atoms with Crippen LogP contribution in [0.5, 0.6) is 5.75 Å². The van der Waals surface area contributed by atoms with Gasteiger partial charge in [-0.3, -0.25) is 9.88 Å². The number of rotatable bonds is 2. The zero-order chi connectivity index (χ0) is 16.0. The van der Waals surface area contributed by atoms with E-state index in [1.807, 2.05) is 31.2 Å². The van der Waals surface area contributed by atoms with Gasteiger partial charge in [-0.25, -0.2) is 4.79 Å². The Morgan fingerprint density at radius 3 is 3.13 bits per heavy atom. The third-order valence-electron chi connectivity index (χ3n) is 4.44. The fraction of sp³-hybridized carbons (Fsp3) is 0.294. The summed E-state index contributed by atoms with van der Waals surface area (Å²) >= 11 is 6.07. The molecule has 1 N–H and O–H groups in total. The van der Waals surface area contributed by atoms with Crippen molar-refractivity contribution in [1.29, 1.82) is 0 Å². The molecule has 118 valence electrons. The average Bonchev–Trinajstić information content (AvgIpc) is 2.53. The van der Waals surface area contributed by atoms with E-state index in [4.69, 9.17) is 16.3 Å². The number of pyridine rings is 1. The van der Waals surface area contributed by atoms with Crippen molar-refractivity contribution < 1.29 is 9.53 Å². The van der Waals surface area contributed by atoms with Gasteiger partial charge in [0, 0.05) is 29.4 Å². The molecule has 2 aromatic rings. The van der Waals surface area contributed by atoms with Crippen LogP contribution in [0.2, 0.25) is 5.02 Å². The monoisotopic (exact) mass is 329 g/mol. The second kappa shape index (κ2) is 5.13. The molecule has 6 heteroatoms. The van der Waals surface area contributed by atoms with E-state index < -0.39 is 5.72 Å².